The molecule has 17 heavy (non-hydrogen) atoms. The molecule has 0 spiro atoms. The number of nitrogens with zero attached hydrogens (tertiary/aromatic N) is 2. The third-order valence-electron chi connectivity index (χ3n) is 2.93. The first kappa shape index (κ1) is 12.3. The van der Waals surface area contributed by atoms with E-state index in [0.29, 0.717) is 0 Å². The molecule has 0 aliphatic rings. The second-order valence-electron chi connectivity index (χ2n) is 4.05. The number of aryl methyl sites for hydroxylation is 2. The SMILES string of the molecule is CCn1ccnc1C(N)c1ccc(Br)cc1C. The molecule has 1 aromatic heterocycles. The molecule has 3 nitrogen and oxygen atoms in total. The summed E-state index contributed by atoms with van der Waals surface area (Å²) in [5, 5.41) is 0. The van der Waals surface area contributed by atoms with Crippen molar-refractivity contribution in [3.8, 4) is 0 Å². The molecule has 0 fully saturated rings. The summed E-state index contributed by atoms with van der Waals surface area (Å²) in [6.45, 7) is 5.05. The van der Waals surface area contributed by atoms with Crippen molar-refractivity contribution in [1.82, 2.24) is 9.55 Å². The van der Waals surface area contributed by atoms with E-state index in [4.69, 9.17) is 5.73 Å². The Morgan fingerprint density at radius 1 is 1.47 bits per heavy atom. The lowest BCUT2D eigenvalue weighted by Gasteiger charge is -2.16. The van der Waals surface area contributed by atoms with Gasteiger partial charge >= 0.3 is 0 Å². The third kappa shape index (κ3) is 2.42. The summed E-state index contributed by atoms with van der Waals surface area (Å²) in [5.41, 5.74) is 8.59. The predicted octanol–water partition coefficient (Wildman–Crippen LogP) is 3.02. The number of hydrogen-bond acceptors (Lipinski definition) is 2. The molecule has 0 saturated heterocycles. The van der Waals surface area contributed by atoms with Gasteiger partial charge in [-0.2, -0.15) is 0 Å². The average molecular weight is 294 g/mol. The van der Waals surface area contributed by atoms with Crippen LogP contribution in [0.3, 0.4) is 0 Å². The van der Waals surface area contributed by atoms with Crippen molar-refractivity contribution >= 4 is 15.9 Å². The zero-order valence-corrected chi connectivity index (χ0v) is 11.6. The van der Waals surface area contributed by atoms with Crippen LogP contribution in [0.2, 0.25) is 0 Å². The Labute approximate surface area is 110 Å². The quantitative estimate of drug-likeness (QED) is 0.945. The second-order valence-corrected chi connectivity index (χ2v) is 4.97. The summed E-state index contributed by atoms with van der Waals surface area (Å²) < 4.78 is 3.15. The van der Waals surface area contributed by atoms with Crippen molar-refractivity contribution in [3.63, 3.8) is 0 Å². The number of nitrogens with two attached hydrogens (primary N) is 1. The van der Waals surface area contributed by atoms with E-state index in [1.165, 1.54) is 5.56 Å². The first-order valence-electron chi connectivity index (χ1n) is 5.66. The lowest BCUT2D eigenvalue weighted by atomic mass is 10.0. The van der Waals surface area contributed by atoms with E-state index >= 15 is 0 Å². The summed E-state index contributed by atoms with van der Waals surface area (Å²) in [6.07, 6.45) is 3.76. The van der Waals surface area contributed by atoms with E-state index in [0.717, 1.165) is 22.4 Å². The van der Waals surface area contributed by atoms with E-state index in [1.807, 2.05) is 12.3 Å². The molecule has 2 N–H and O–H groups in total. The fourth-order valence-corrected chi connectivity index (χ4v) is 2.47. The van der Waals surface area contributed by atoms with Gasteiger partial charge in [0.25, 0.3) is 0 Å². The molecule has 0 aliphatic carbocycles. The van der Waals surface area contributed by atoms with Crippen LogP contribution in [-0.4, -0.2) is 9.55 Å². The minimum absolute atomic E-state index is 0.168. The minimum atomic E-state index is -0.168. The Bertz CT molecular complexity index is 519. The maximum Gasteiger partial charge on any atom is 0.130 e. The summed E-state index contributed by atoms with van der Waals surface area (Å²) in [4.78, 5) is 4.35. The lowest BCUT2D eigenvalue weighted by molar-refractivity contribution is 0.655. The molecule has 1 atom stereocenters. The van der Waals surface area contributed by atoms with Crippen LogP contribution < -0.4 is 5.73 Å². The molecular formula is C13H16BrN3. The molecule has 90 valence electrons. The summed E-state index contributed by atoms with van der Waals surface area (Å²) in [6, 6.07) is 5.98. The molecule has 1 heterocycles. The lowest BCUT2D eigenvalue weighted by Crippen LogP contribution is -2.18. The zero-order valence-electron chi connectivity index (χ0n) is 10.0. The van der Waals surface area contributed by atoms with Gasteiger partial charge in [-0.25, -0.2) is 4.98 Å². The van der Waals surface area contributed by atoms with E-state index in [1.54, 1.807) is 6.20 Å². The van der Waals surface area contributed by atoms with Crippen LogP contribution in [0, 0.1) is 6.92 Å². The van der Waals surface area contributed by atoms with E-state index < -0.39 is 0 Å². The molecule has 4 heteroatoms. The maximum absolute atomic E-state index is 6.29. The number of rotatable bonds is 3. The van der Waals surface area contributed by atoms with Gasteiger partial charge < -0.3 is 10.3 Å². The number of imidazole rings is 1. The first-order chi connectivity index (χ1) is 8.13. The van der Waals surface area contributed by atoms with Crippen LogP contribution >= 0.6 is 15.9 Å². The molecule has 1 unspecified atom stereocenters. The monoisotopic (exact) mass is 293 g/mol. The van der Waals surface area contributed by atoms with E-state index in [9.17, 15) is 0 Å². The third-order valence-corrected chi connectivity index (χ3v) is 3.43. The summed E-state index contributed by atoms with van der Waals surface area (Å²) in [7, 11) is 0. The van der Waals surface area contributed by atoms with Crippen molar-refractivity contribution in [1.29, 1.82) is 0 Å². The van der Waals surface area contributed by atoms with E-state index in [-0.39, 0.29) is 6.04 Å². The van der Waals surface area contributed by atoms with Crippen LogP contribution in [-0.2, 0) is 6.54 Å². The van der Waals surface area contributed by atoms with Crippen molar-refractivity contribution in [3.05, 3.63) is 52.0 Å². The number of hydrogen-bond donors (Lipinski definition) is 1. The summed E-state index contributed by atoms with van der Waals surface area (Å²) >= 11 is 3.46. The Kier molecular flexibility index (Phi) is 3.64. The maximum atomic E-state index is 6.29. The Morgan fingerprint density at radius 3 is 2.88 bits per heavy atom. The highest BCUT2D eigenvalue weighted by Crippen LogP contribution is 2.24. The van der Waals surface area contributed by atoms with Crippen molar-refractivity contribution in [2.24, 2.45) is 5.73 Å². The van der Waals surface area contributed by atoms with Crippen LogP contribution in [0.25, 0.3) is 0 Å². The smallest absolute Gasteiger partial charge is 0.130 e. The van der Waals surface area contributed by atoms with Crippen molar-refractivity contribution < 1.29 is 0 Å². The highest BCUT2D eigenvalue weighted by molar-refractivity contribution is 9.10. The molecular weight excluding hydrogens is 278 g/mol. The van der Waals surface area contributed by atoms with Crippen molar-refractivity contribution in [2.75, 3.05) is 0 Å². The Hall–Kier alpha value is -1.13. The van der Waals surface area contributed by atoms with Crippen LogP contribution in [0.5, 0.6) is 0 Å². The molecule has 0 aliphatic heterocycles. The second kappa shape index (κ2) is 5.02. The molecule has 2 rings (SSSR count). The normalized spacial score (nSPS) is 12.7. The van der Waals surface area contributed by atoms with Gasteiger partial charge in [0, 0.05) is 23.4 Å². The van der Waals surface area contributed by atoms with Gasteiger partial charge in [-0.05, 0) is 37.1 Å². The highest BCUT2D eigenvalue weighted by atomic mass is 79.9. The van der Waals surface area contributed by atoms with Crippen LogP contribution in [0.4, 0.5) is 0 Å². The van der Waals surface area contributed by atoms with E-state index in [2.05, 4.69) is 51.5 Å². The predicted molar refractivity (Wildman–Crippen MR) is 72.8 cm³/mol. The summed E-state index contributed by atoms with van der Waals surface area (Å²) in [5.74, 6) is 0.915. The first-order valence-corrected chi connectivity index (χ1v) is 6.45. The highest BCUT2D eigenvalue weighted by Gasteiger charge is 2.15. The zero-order chi connectivity index (χ0) is 12.4. The fraction of sp³-hybridized carbons (Fsp3) is 0.308. The molecule has 0 amide bonds. The van der Waals surface area contributed by atoms with Crippen LogP contribution in [0.1, 0.15) is 29.9 Å². The molecule has 0 bridgehead atoms. The van der Waals surface area contributed by atoms with Crippen molar-refractivity contribution in [2.45, 2.75) is 26.4 Å². The number of benzene rings is 1. The van der Waals surface area contributed by atoms with Gasteiger partial charge in [-0.1, -0.05) is 22.0 Å². The molecule has 0 radical (unpaired) electrons. The average Bonchev–Trinajstić information content (AvgIpc) is 2.76. The number of aromatic nitrogens is 2. The topological polar surface area (TPSA) is 43.8 Å². The van der Waals surface area contributed by atoms with Gasteiger partial charge in [0.15, 0.2) is 0 Å². The number of halogens is 1. The Morgan fingerprint density at radius 2 is 2.24 bits per heavy atom. The fourth-order valence-electron chi connectivity index (χ4n) is 1.99. The van der Waals surface area contributed by atoms with Crippen LogP contribution in [0.15, 0.2) is 35.1 Å². The molecule has 0 saturated carbocycles. The van der Waals surface area contributed by atoms with Gasteiger partial charge in [0.2, 0.25) is 0 Å². The van der Waals surface area contributed by atoms with Gasteiger partial charge in [-0.3, -0.25) is 0 Å². The molecule has 1 aromatic carbocycles. The minimum Gasteiger partial charge on any atom is -0.334 e. The van der Waals surface area contributed by atoms with Gasteiger partial charge in [0.05, 0.1) is 6.04 Å². The molecule has 2 aromatic rings. The largest absolute Gasteiger partial charge is 0.334 e. The van der Waals surface area contributed by atoms with Gasteiger partial charge in [0.1, 0.15) is 5.82 Å². The van der Waals surface area contributed by atoms with Gasteiger partial charge in [-0.15, -0.1) is 0 Å². The standard InChI is InChI=1S/C13H16BrN3/c1-3-17-7-6-16-13(17)12(15)11-5-4-10(14)8-9(11)2/h4-8,12H,3,15H2,1-2H3. The Balaban J connectivity index is 2.40.